The maximum absolute atomic E-state index is 14.9. The van der Waals surface area contributed by atoms with Crippen molar-refractivity contribution < 1.29 is 18.3 Å². The van der Waals surface area contributed by atoms with Gasteiger partial charge in [-0.25, -0.2) is 8.78 Å². The molecule has 3 aliphatic rings. The molecule has 4 heterocycles. The third kappa shape index (κ3) is 3.65. The Balaban J connectivity index is 1.49. The van der Waals surface area contributed by atoms with E-state index in [2.05, 4.69) is 35.7 Å². The number of hydrogen-bond donors (Lipinski definition) is 0. The van der Waals surface area contributed by atoms with E-state index in [1.54, 1.807) is 6.07 Å². The first-order valence-corrected chi connectivity index (χ1v) is 11.4. The number of rotatable bonds is 4. The van der Waals surface area contributed by atoms with Gasteiger partial charge in [-0.1, -0.05) is 0 Å². The molecule has 6 nitrogen and oxygen atoms in total. The zero-order valence-corrected chi connectivity index (χ0v) is 18.3. The van der Waals surface area contributed by atoms with Crippen molar-refractivity contribution in [2.24, 2.45) is 0 Å². The smallest absolute Gasteiger partial charge is 0.319 e. The van der Waals surface area contributed by atoms with Crippen LogP contribution >= 0.6 is 15.9 Å². The van der Waals surface area contributed by atoms with E-state index in [1.165, 1.54) is 0 Å². The van der Waals surface area contributed by atoms with E-state index >= 15 is 0 Å². The van der Waals surface area contributed by atoms with Crippen LogP contribution < -0.4 is 9.64 Å². The Kier molecular flexibility index (Phi) is 5.53. The Morgan fingerprint density at radius 3 is 3.00 bits per heavy atom. The van der Waals surface area contributed by atoms with Gasteiger partial charge in [0.15, 0.2) is 5.82 Å². The van der Waals surface area contributed by atoms with Gasteiger partial charge in [0.25, 0.3) is 0 Å². The lowest BCUT2D eigenvalue weighted by Crippen LogP contribution is -2.43. The van der Waals surface area contributed by atoms with Crippen LogP contribution in [0.5, 0.6) is 6.01 Å². The molecule has 0 spiro atoms. The highest BCUT2D eigenvalue weighted by Crippen LogP contribution is 2.40. The van der Waals surface area contributed by atoms with Gasteiger partial charge in [0.1, 0.15) is 24.1 Å². The largest absolute Gasteiger partial charge is 0.461 e. The molecule has 2 aromatic rings. The van der Waals surface area contributed by atoms with Crippen molar-refractivity contribution in [3.63, 3.8) is 0 Å². The topological polar surface area (TPSA) is 50.7 Å². The Morgan fingerprint density at radius 1 is 1.20 bits per heavy atom. The number of anilines is 1. The van der Waals surface area contributed by atoms with Crippen molar-refractivity contribution >= 4 is 32.7 Å². The van der Waals surface area contributed by atoms with Crippen molar-refractivity contribution in [1.29, 1.82) is 0 Å². The fraction of sp³-hybridized carbons (Fsp3) is 0.619. The number of fused-ring (bicyclic) bond motifs is 2. The fourth-order valence-corrected chi connectivity index (χ4v) is 5.33. The van der Waals surface area contributed by atoms with Gasteiger partial charge in [-0.15, -0.1) is 0 Å². The molecule has 0 unspecified atom stereocenters. The fourth-order valence-electron chi connectivity index (χ4n) is 5.01. The monoisotopic (exact) mass is 482 g/mol. The molecule has 0 aliphatic carbocycles. The summed E-state index contributed by atoms with van der Waals surface area (Å²) in [6.45, 7) is 4.40. The summed E-state index contributed by atoms with van der Waals surface area (Å²) in [6.07, 6.45) is 2.45. The standard InChI is InChI=1S/C21H25BrF2N4O2/c22-16-4-3-15-18(17(16)24)25-20(26-19(15)27-6-2-9-29-10-8-27)30-13-21-5-1-7-28(21)12-14(23)11-21/h3-4,14H,1-2,5-13H2/t14-,21+/m1/s1. The Labute approximate surface area is 182 Å². The molecule has 5 rings (SSSR count). The number of halogens is 3. The van der Waals surface area contributed by atoms with E-state index in [0.717, 1.165) is 32.4 Å². The lowest BCUT2D eigenvalue weighted by atomic mass is 9.95. The SMILES string of the molecule is Fc1c(Br)ccc2c(N3CCCOCC3)nc(OC[C@@]34CCCN3C[C@H](F)C4)nc12. The van der Waals surface area contributed by atoms with Crippen molar-refractivity contribution in [2.75, 3.05) is 50.9 Å². The first kappa shape index (κ1) is 20.3. The summed E-state index contributed by atoms with van der Waals surface area (Å²) in [5, 5.41) is 0.648. The zero-order chi connectivity index (χ0) is 20.7. The van der Waals surface area contributed by atoms with Crippen LogP contribution in [-0.2, 0) is 4.74 Å². The first-order valence-electron chi connectivity index (χ1n) is 10.6. The second kappa shape index (κ2) is 8.16. The molecule has 3 saturated heterocycles. The van der Waals surface area contributed by atoms with Crippen LogP contribution in [0.2, 0.25) is 0 Å². The highest BCUT2D eigenvalue weighted by atomic mass is 79.9. The van der Waals surface area contributed by atoms with Gasteiger partial charge < -0.3 is 14.4 Å². The average molecular weight is 483 g/mol. The van der Waals surface area contributed by atoms with Gasteiger partial charge in [-0.05, 0) is 53.9 Å². The summed E-state index contributed by atoms with van der Waals surface area (Å²) in [7, 11) is 0. The van der Waals surface area contributed by atoms with Crippen LogP contribution in [0.1, 0.15) is 25.7 Å². The third-order valence-corrected chi connectivity index (χ3v) is 7.08. The molecule has 9 heteroatoms. The Hall–Kier alpha value is -1.58. The summed E-state index contributed by atoms with van der Waals surface area (Å²) >= 11 is 3.25. The number of hydrogen-bond acceptors (Lipinski definition) is 6. The van der Waals surface area contributed by atoms with Gasteiger partial charge in [0, 0.05) is 38.0 Å². The summed E-state index contributed by atoms with van der Waals surface area (Å²) < 4.78 is 40.9. The minimum atomic E-state index is -0.826. The van der Waals surface area contributed by atoms with E-state index < -0.39 is 12.0 Å². The normalized spacial score (nSPS) is 27.4. The molecule has 3 fully saturated rings. The molecule has 3 aliphatic heterocycles. The number of ether oxygens (including phenoxy) is 2. The second-order valence-electron chi connectivity index (χ2n) is 8.40. The van der Waals surface area contributed by atoms with Crippen molar-refractivity contribution in [2.45, 2.75) is 37.4 Å². The van der Waals surface area contributed by atoms with Crippen LogP contribution in [0.15, 0.2) is 16.6 Å². The summed E-state index contributed by atoms with van der Waals surface area (Å²) in [6, 6.07) is 3.65. The van der Waals surface area contributed by atoms with Gasteiger partial charge in [-0.3, -0.25) is 4.90 Å². The average Bonchev–Trinajstić information content (AvgIpc) is 3.11. The van der Waals surface area contributed by atoms with E-state index in [1.807, 2.05) is 6.07 Å². The minimum Gasteiger partial charge on any atom is -0.461 e. The summed E-state index contributed by atoms with van der Waals surface area (Å²) in [4.78, 5) is 13.4. The van der Waals surface area contributed by atoms with E-state index in [-0.39, 0.29) is 17.1 Å². The van der Waals surface area contributed by atoms with Crippen molar-refractivity contribution in [3.05, 3.63) is 22.4 Å². The maximum atomic E-state index is 14.9. The number of aromatic nitrogens is 2. The predicted octanol–water partition coefficient (Wildman–Crippen LogP) is 3.71. The molecule has 30 heavy (non-hydrogen) atoms. The highest BCUT2D eigenvalue weighted by molar-refractivity contribution is 9.10. The lowest BCUT2D eigenvalue weighted by molar-refractivity contribution is 0.107. The minimum absolute atomic E-state index is 0.142. The van der Waals surface area contributed by atoms with Crippen LogP contribution in [0.3, 0.4) is 0 Å². The Morgan fingerprint density at radius 2 is 2.10 bits per heavy atom. The van der Waals surface area contributed by atoms with E-state index in [4.69, 9.17) is 9.47 Å². The molecule has 0 amide bonds. The molecular formula is C21H25BrF2N4O2. The molecule has 0 saturated carbocycles. The predicted molar refractivity (Wildman–Crippen MR) is 113 cm³/mol. The van der Waals surface area contributed by atoms with Crippen molar-refractivity contribution in [3.8, 4) is 6.01 Å². The maximum Gasteiger partial charge on any atom is 0.319 e. The third-order valence-electron chi connectivity index (χ3n) is 6.47. The van der Waals surface area contributed by atoms with Crippen LogP contribution in [0.25, 0.3) is 10.9 Å². The number of benzene rings is 1. The summed E-state index contributed by atoms with van der Waals surface area (Å²) in [5.41, 5.74) is -0.0745. The molecular weight excluding hydrogens is 458 g/mol. The Bertz CT molecular complexity index is 941. The van der Waals surface area contributed by atoms with Gasteiger partial charge >= 0.3 is 6.01 Å². The zero-order valence-electron chi connectivity index (χ0n) is 16.7. The van der Waals surface area contributed by atoms with Gasteiger partial charge in [-0.2, -0.15) is 9.97 Å². The van der Waals surface area contributed by atoms with Gasteiger partial charge in [0.05, 0.1) is 16.6 Å². The number of alkyl halides is 1. The van der Waals surface area contributed by atoms with Crippen LogP contribution in [-0.4, -0.2) is 72.6 Å². The van der Waals surface area contributed by atoms with Crippen molar-refractivity contribution in [1.82, 2.24) is 14.9 Å². The van der Waals surface area contributed by atoms with E-state index in [0.29, 0.717) is 55.0 Å². The molecule has 2 atom stereocenters. The summed E-state index contributed by atoms with van der Waals surface area (Å²) in [5.74, 6) is 0.222. The molecule has 1 aromatic heterocycles. The van der Waals surface area contributed by atoms with Crippen LogP contribution in [0.4, 0.5) is 14.6 Å². The number of nitrogens with zero attached hydrogens (tertiary/aromatic N) is 4. The molecule has 0 radical (unpaired) electrons. The molecule has 0 N–H and O–H groups in total. The van der Waals surface area contributed by atoms with Gasteiger partial charge in [0.2, 0.25) is 0 Å². The second-order valence-corrected chi connectivity index (χ2v) is 9.26. The quantitative estimate of drug-likeness (QED) is 0.661. The first-order chi connectivity index (χ1) is 14.6. The molecule has 0 bridgehead atoms. The highest BCUT2D eigenvalue weighted by Gasteiger charge is 2.49. The molecule has 1 aromatic carbocycles. The molecule has 162 valence electrons. The van der Waals surface area contributed by atoms with Crippen LogP contribution in [0, 0.1) is 5.82 Å². The van der Waals surface area contributed by atoms with E-state index in [9.17, 15) is 8.78 Å². The lowest BCUT2D eigenvalue weighted by Gasteiger charge is -2.31.